The average Bonchev–Trinajstić information content (AvgIpc) is 3.40. The first-order chi connectivity index (χ1) is 11.4. The number of esters is 1. The standard InChI is InChI=1S/C17H17N3O4/c1-17(13-6-7-13)15(22)20(16(23)19-17)9-14(21)24-10-12-4-2-11(8-18)3-5-12/h2-5,13H,6-7,9-10H2,1H3,(H,19,23)/t17-/m1/s1. The molecule has 1 aromatic rings. The molecule has 0 bridgehead atoms. The number of rotatable bonds is 5. The molecule has 1 aliphatic heterocycles. The van der Waals surface area contributed by atoms with E-state index in [0.717, 1.165) is 23.3 Å². The summed E-state index contributed by atoms with van der Waals surface area (Å²) in [5, 5.41) is 11.4. The Balaban J connectivity index is 1.55. The van der Waals surface area contributed by atoms with Gasteiger partial charge in [-0.3, -0.25) is 14.5 Å². The maximum atomic E-state index is 12.4. The summed E-state index contributed by atoms with van der Waals surface area (Å²) in [4.78, 5) is 37.2. The van der Waals surface area contributed by atoms with Gasteiger partial charge in [0.05, 0.1) is 11.6 Å². The summed E-state index contributed by atoms with van der Waals surface area (Å²) in [7, 11) is 0. The van der Waals surface area contributed by atoms with Gasteiger partial charge >= 0.3 is 12.0 Å². The maximum Gasteiger partial charge on any atom is 0.326 e. The Bertz CT molecular complexity index is 733. The second-order valence-corrected chi connectivity index (χ2v) is 6.27. The molecule has 1 aliphatic carbocycles. The summed E-state index contributed by atoms with van der Waals surface area (Å²) >= 11 is 0. The van der Waals surface area contributed by atoms with Gasteiger partial charge in [-0.25, -0.2) is 4.79 Å². The van der Waals surface area contributed by atoms with E-state index in [1.165, 1.54) is 0 Å². The lowest BCUT2D eigenvalue weighted by molar-refractivity contribution is -0.148. The predicted octanol–water partition coefficient (Wildman–Crippen LogP) is 1.32. The lowest BCUT2D eigenvalue weighted by atomic mass is 9.96. The molecule has 1 saturated heterocycles. The van der Waals surface area contributed by atoms with Gasteiger partial charge in [-0.05, 0) is 43.4 Å². The molecule has 2 fully saturated rings. The molecule has 124 valence electrons. The highest BCUT2D eigenvalue weighted by atomic mass is 16.5. The zero-order valence-corrected chi connectivity index (χ0v) is 13.2. The minimum atomic E-state index is -0.898. The first-order valence-corrected chi connectivity index (χ1v) is 7.73. The fourth-order valence-electron chi connectivity index (χ4n) is 2.81. The molecule has 3 rings (SSSR count). The third-order valence-electron chi connectivity index (χ3n) is 4.47. The SMILES string of the molecule is C[C@]1(C2CC2)NC(=O)N(CC(=O)OCc2ccc(C#N)cc2)C1=O. The lowest BCUT2D eigenvalue weighted by Crippen LogP contribution is -2.46. The highest BCUT2D eigenvalue weighted by Crippen LogP contribution is 2.42. The summed E-state index contributed by atoms with van der Waals surface area (Å²) < 4.78 is 5.11. The van der Waals surface area contributed by atoms with Gasteiger partial charge in [-0.1, -0.05) is 12.1 Å². The molecule has 3 amide bonds. The summed E-state index contributed by atoms with van der Waals surface area (Å²) in [5.74, 6) is -0.873. The van der Waals surface area contributed by atoms with Gasteiger partial charge in [-0.2, -0.15) is 5.26 Å². The number of nitriles is 1. The van der Waals surface area contributed by atoms with E-state index in [-0.39, 0.29) is 18.4 Å². The van der Waals surface area contributed by atoms with E-state index in [0.29, 0.717) is 5.56 Å². The van der Waals surface area contributed by atoms with Crippen LogP contribution in [0.1, 0.15) is 30.9 Å². The van der Waals surface area contributed by atoms with Crippen molar-refractivity contribution in [2.75, 3.05) is 6.54 Å². The Hall–Kier alpha value is -2.88. The number of hydrogen-bond donors (Lipinski definition) is 1. The number of imide groups is 1. The van der Waals surface area contributed by atoms with Crippen LogP contribution in [0.2, 0.25) is 0 Å². The molecule has 24 heavy (non-hydrogen) atoms. The van der Waals surface area contributed by atoms with Crippen molar-refractivity contribution in [1.82, 2.24) is 10.2 Å². The number of carbonyl (C=O) groups excluding carboxylic acids is 3. The average molecular weight is 327 g/mol. The summed E-state index contributed by atoms with van der Waals surface area (Å²) in [6, 6.07) is 8.07. The molecule has 7 heteroatoms. The highest BCUT2D eigenvalue weighted by Gasteiger charge is 2.56. The molecular weight excluding hydrogens is 310 g/mol. The van der Waals surface area contributed by atoms with E-state index < -0.39 is 24.1 Å². The first-order valence-electron chi connectivity index (χ1n) is 7.73. The molecule has 0 spiro atoms. The van der Waals surface area contributed by atoms with Crippen LogP contribution in [0.15, 0.2) is 24.3 Å². The quantitative estimate of drug-likeness (QED) is 0.649. The Morgan fingerprint density at radius 3 is 2.62 bits per heavy atom. The van der Waals surface area contributed by atoms with Crippen molar-refractivity contribution in [3.63, 3.8) is 0 Å². The fraction of sp³-hybridized carbons (Fsp3) is 0.412. The van der Waals surface area contributed by atoms with Crippen molar-refractivity contribution in [2.24, 2.45) is 5.92 Å². The number of urea groups is 1. The molecule has 7 nitrogen and oxygen atoms in total. The number of carbonyl (C=O) groups is 3. The van der Waals surface area contributed by atoms with E-state index in [9.17, 15) is 14.4 Å². The fourth-order valence-corrected chi connectivity index (χ4v) is 2.81. The second kappa shape index (κ2) is 5.96. The smallest absolute Gasteiger partial charge is 0.326 e. The topological polar surface area (TPSA) is 99.5 Å². The molecule has 0 unspecified atom stereocenters. The summed E-state index contributed by atoms with van der Waals surface area (Å²) in [5.41, 5.74) is 0.343. The third-order valence-corrected chi connectivity index (χ3v) is 4.47. The number of benzene rings is 1. The van der Waals surface area contributed by atoms with E-state index in [1.807, 2.05) is 6.07 Å². The number of amides is 3. The largest absolute Gasteiger partial charge is 0.459 e. The van der Waals surface area contributed by atoms with Crippen molar-refractivity contribution in [1.29, 1.82) is 5.26 Å². The van der Waals surface area contributed by atoms with Crippen LogP contribution in [0.5, 0.6) is 0 Å². The van der Waals surface area contributed by atoms with E-state index in [4.69, 9.17) is 10.00 Å². The molecule has 0 aromatic heterocycles. The summed E-state index contributed by atoms with van der Waals surface area (Å²) in [6.45, 7) is 1.32. The lowest BCUT2D eigenvalue weighted by Gasteiger charge is -2.20. The number of nitrogens with zero attached hydrogens (tertiary/aromatic N) is 2. The van der Waals surface area contributed by atoms with Gasteiger partial charge in [0.2, 0.25) is 0 Å². The number of hydrogen-bond acceptors (Lipinski definition) is 5. The maximum absolute atomic E-state index is 12.4. The molecule has 2 aliphatic rings. The zero-order chi connectivity index (χ0) is 17.3. The molecule has 1 aromatic carbocycles. The van der Waals surface area contributed by atoms with Crippen LogP contribution >= 0.6 is 0 Å². The Morgan fingerprint density at radius 2 is 2.04 bits per heavy atom. The van der Waals surface area contributed by atoms with E-state index in [1.54, 1.807) is 31.2 Å². The monoisotopic (exact) mass is 327 g/mol. The van der Waals surface area contributed by atoms with Crippen LogP contribution < -0.4 is 5.32 Å². The van der Waals surface area contributed by atoms with Crippen LogP contribution in [0.4, 0.5) is 4.79 Å². The normalized spacial score (nSPS) is 22.9. The second-order valence-electron chi connectivity index (χ2n) is 6.27. The zero-order valence-electron chi connectivity index (χ0n) is 13.2. The molecule has 0 radical (unpaired) electrons. The predicted molar refractivity (Wildman–Crippen MR) is 82.3 cm³/mol. The minimum absolute atomic E-state index is 0.0219. The van der Waals surface area contributed by atoms with Crippen molar-refractivity contribution in [3.05, 3.63) is 35.4 Å². The van der Waals surface area contributed by atoms with Gasteiger partial charge in [0.25, 0.3) is 5.91 Å². The molecule has 1 heterocycles. The third kappa shape index (κ3) is 2.95. The Labute approximate surface area is 139 Å². The molecule has 1 N–H and O–H groups in total. The van der Waals surface area contributed by atoms with Crippen LogP contribution in [0.3, 0.4) is 0 Å². The van der Waals surface area contributed by atoms with Crippen molar-refractivity contribution in [3.8, 4) is 6.07 Å². The van der Waals surface area contributed by atoms with Crippen LogP contribution in [0.25, 0.3) is 0 Å². The molecule has 1 saturated carbocycles. The molecule has 1 atom stereocenters. The van der Waals surface area contributed by atoms with Gasteiger partial charge in [0, 0.05) is 0 Å². The van der Waals surface area contributed by atoms with Gasteiger partial charge < -0.3 is 10.1 Å². The van der Waals surface area contributed by atoms with Gasteiger partial charge in [0.1, 0.15) is 18.7 Å². The van der Waals surface area contributed by atoms with Crippen molar-refractivity contribution in [2.45, 2.75) is 31.9 Å². The van der Waals surface area contributed by atoms with E-state index >= 15 is 0 Å². The van der Waals surface area contributed by atoms with E-state index in [2.05, 4.69) is 5.32 Å². The first kappa shape index (κ1) is 16.0. The van der Waals surface area contributed by atoms with Gasteiger partial charge in [0.15, 0.2) is 0 Å². The summed E-state index contributed by atoms with van der Waals surface area (Å²) in [6.07, 6.45) is 1.80. The number of nitrogens with one attached hydrogen (secondary N) is 1. The Morgan fingerprint density at radius 1 is 1.38 bits per heavy atom. The van der Waals surface area contributed by atoms with Crippen LogP contribution in [-0.4, -0.2) is 34.9 Å². The minimum Gasteiger partial charge on any atom is -0.459 e. The molecular formula is C17H17N3O4. The Kier molecular flexibility index (Phi) is 3.97. The van der Waals surface area contributed by atoms with Crippen LogP contribution in [-0.2, 0) is 20.9 Å². The highest BCUT2D eigenvalue weighted by molar-refractivity contribution is 6.08. The van der Waals surface area contributed by atoms with Crippen molar-refractivity contribution >= 4 is 17.9 Å². The van der Waals surface area contributed by atoms with Gasteiger partial charge in [-0.15, -0.1) is 0 Å². The number of ether oxygens (including phenoxy) is 1. The van der Waals surface area contributed by atoms with Crippen LogP contribution in [0, 0.1) is 17.2 Å². The van der Waals surface area contributed by atoms with Crippen molar-refractivity contribution < 1.29 is 19.1 Å².